The lowest BCUT2D eigenvalue weighted by molar-refractivity contribution is 0.0696. The number of aromatic carboxylic acids is 2. The van der Waals surface area contributed by atoms with Crippen LogP contribution in [-0.4, -0.2) is 32.1 Å². The molecule has 0 saturated carbocycles. The van der Waals surface area contributed by atoms with E-state index in [1.807, 2.05) is 30.5 Å². The number of fused-ring (bicyclic) bond motifs is 2. The summed E-state index contributed by atoms with van der Waals surface area (Å²) in [6, 6.07) is 26.7. The summed E-state index contributed by atoms with van der Waals surface area (Å²) < 4.78 is 0. The number of hydrogen-bond donors (Lipinski definition) is 3. The van der Waals surface area contributed by atoms with Gasteiger partial charge in [0.15, 0.2) is 0 Å². The van der Waals surface area contributed by atoms with Crippen LogP contribution in [0.15, 0.2) is 91.1 Å². The minimum atomic E-state index is -1.12. The SMILES string of the molecule is CCCc1cc2ccccc2[nH]1.Cc1cc(C(=O)O)cc(C(=O)O)c1.c1ccc2ncccc2c1. The summed E-state index contributed by atoms with van der Waals surface area (Å²) in [5.41, 5.74) is 4.27. The molecule has 2 aromatic heterocycles. The number of carbonyl (C=O) groups is 2. The van der Waals surface area contributed by atoms with Gasteiger partial charge in [-0.05, 0) is 66.8 Å². The van der Waals surface area contributed by atoms with Gasteiger partial charge in [0, 0.05) is 22.8 Å². The average molecular weight is 469 g/mol. The largest absolute Gasteiger partial charge is 0.478 e. The Bertz CT molecular complexity index is 1310. The molecular weight excluding hydrogens is 440 g/mol. The lowest BCUT2D eigenvalue weighted by Crippen LogP contribution is -2.02. The molecule has 0 aliphatic carbocycles. The van der Waals surface area contributed by atoms with Gasteiger partial charge >= 0.3 is 11.9 Å². The first-order valence-electron chi connectivity index (χ1n) is 11.3. The Morgan fingerprint density at radius 1 is 0.800 bits per heavy atom. The minimum absolute atomic E-state index is 0.00241. The first-order valence-corrected chi connectivity index (χ1v) is 11.3. The number of para-hydroxylation sites is 2. The molecule has 0 unspecified atom stereocenters. The zero-order chi connectivity index (χ0) is 25.2. The highest BCUT2D eigenvalue weighted by Gasteiger charge is 2.09. The van der Waals surface area contributed by atoms with E-state index in [2.05, 4.69) is 59.4 Å². The molecule has 35 heavy (non-hydrogen) atoms. The maximum Gasteiger partial charge on any atom is 0.335 e. The lowest BCUT2D eigenvalue weighted by Gasteiger charge is -1.99. The van der Waals surface area contributed by atoms with Crippen molar-refractivity contribution < 1.29 is 19.8 Å². The molecule has 0 aliphatic heterocycles. The molecule has 5 aromatic rings. The Balaban J connectivity index is 0.000000148. The zero-order valence-corrected chi connectivity index (χ0v) is 19.7. The maximum absolute atomic E-state index is 10.5. The van der Waals surface area contributed by atoms with Crippen molar-refractivity contribution >= 4 is 33.7 Å². The van der Waals surface area contributed by atoms with Crippen LogP contribution in [0.4, 0.5) is 0 Å². The summed E-state index contributed by atoms with van der Waals surface area (Å²) >= 11 is 0. The second-order valence-corrected chi connectivity index (χ2v) is 8.03. The summed E-state index contributed by atoms with van der Waals surface area (Å²) in [7, 11) is 0. The van der Waals surface area contributed by atoms with E-state index in [1.54, 1.807) is 6.92 Å². The summed E-state index contributed by atoms with van der Waals surface area (Å²) in [4.78, 5) is 28.6. The van der Waals surface area contributed by atoms with Gasteiger partial charge in [-0.2, -0.15) is 0 Å². The van der Waals surface area contributed by atoms with E-state index in [0.717, 1.165) is 18.0 Å². The number of aromatic nitrogens is 2. The standard InChI is InChI=1S/C11H13N.C9H7N.C9H8O4/c1-2-5-10-8-9-6-3-4-7-11(9)12-10;1-2-6-9-8(4-1)5-3-7-10-9;1-5-2-6(8(10)11)4-7(3-5)9(12)13/h3-4,6-8,12H,2,5H2,1H3;1-7H;2-4H,1H3,(H,10,11)(H,12,13). The highest BCUT2D eigenvalue weighted by Crippen LogP contribution is 2.15. The fraction of sp³-hybridized carbons (Fsp3) is 0.138. The molecule has 0 radical (unpaired) electrons. The number of hydrogen-bond acceptors (Lipinski definition) is 3. The molecule has 2 heterocycles. The van der Waals surface area contributed by atoms with Crippen molar-refractivity contribution in [2.45, 2.75) is 26.7 Å². The van der Waals surface area contributed by atoms with Crippen molar-refractivity contribution in [3.63, 3.8) is 0 Å². The van der Waals surface area contributed by atoms with Gasteiger partial charge in [0.25, 0.3) is 0 Å². The maximum atomic E-state index is 10.5. The van der Waals surface area contributed by atoms with Crippen LogP contribution >= 0.6 is 0 Å². The highest BCUT2D eigenvalue weighted by atomic mass is 16.4. The number of aromatic amines is 1. The van der Waals surface area contributed by atoms with E-state index in [4.69, 9.17) is 10.2 Å². The second-order valence-electron chi connectivity index (χ2n) is 8.03. The van der Waals surface area contributed by atoms with Gasteiger partial charge in [0.1, 0.15) is 0 Å². The zero-order valence-electron chi connectivity index (χ0n) is 19.7. The molecule has 0 bridgehead atoms. The smallest absolute Gasteiger partial charge is 0.335 e. The molecule has 6 nitrogen and oxygen atoms in total. The predicted molar refractivity (Wildman–Crippen MR) is 139 cm³/mol. The fourth-order valence-electron chi connectivity index (χ4n) is 3.58. The molecule has 178 valence electrons. The number of carboxylic acid groups (broad SMARTS) is 2. The average Bonchev–Trinajstić information content (AvgIpc) is 3.27. The summed E-state index contributed by atoms with van der Waals surface area (Å²) in [5, 5.41) is 19.8. The summed E-state index contributed by atoms with van der Waals surface area (Å²) in [6.45, 7) is 3.85. The number of nitrogens with one attached hydrogen (secondary N) is 1. The van der Waals surface area contributed by atoms with Gasteiger partial charge in [0.05, 0.1) is 16.6 Å². The Kier molecular flexibility index (Phi) is 8.73. The number of H-pyrrole nitrogens is 1. The molecule has 0 spiro atoms. The van der Waals surface area contributed by atoms with Crippen LogP contribution in [0.3, 0.4) is 0 Å². The molecule has 3 aromatic carbocycles. The molecule has 0 atom stereocenters. The topological polar surface area (TPSA) is 103 Å². The Hall–Kier alpha value is -4.45. The van der Waals surface area contributed by atoms with E-state index < -0.39 is 11.9 Å². The number of pyridine rings is 1. The van der Waals surface area contributed by atoms with Crippen molar-refractivity contribution in [3.8, 4) is 0 Å². The molecule has 3 N–H and O–H groups in total. The van der Waals surface area contributed by atoms with Gasteiger partial charge in [-0.3, -0.25) is 4.98 Å². The van der Waals surface area contributed by atoms with Crippen LogP contribution in [0.25, 0.3) is 21.8 Å². The first kappa shape index (κ1) is 25.2. The van der Waals surface area contributed by atoms with Crippen molar-refractivity contribution in [2.24, 2.45) is 0 Å². The second kappa shape index (κ2) is 12.1. The summed E-state index contributed by atoms with van der Waals surface area (Å²) in [5.74, 6) is -2.24. The van der Waals surface area contributed by atoms with E-state index >= 15 is 0 Å². The van der Waals surface area contributed by atoms with Crippen LogP contribution in [0.5, 0.6) is 0 Å². The third-order valence-electron chi connectivity index (χ3n) is 5.19. The van der Waals surface area contributed by atoms with Crippen molar-refractivity contribution in [1.82, 2.24) is 9.97 Å². The van der Waals surface area contributed by atoms with Gasteiger partial charge < -0.3 is 15.2 Å². The van der Waals surface area contributed by atoms with Crippen molar-refractivity contribution in [3.05, 3.63) is 114 Å². The lowest BCUT2D eigenvalue weighted by atomic mass is 10.1. The number of benzene rings is 3. The first-order chi connectivity index (χ1) is 16.9. The van der Waals surface area contributed by atoms with Gasteiger partial charge in [-0.15, -0.1) is 0 Å². The number of aryl methyl sites for hydroxylation is 2. The monoisotopic (exact) mass is 468 g/mol. The Labute approximate surface area is 203 Å². The molecule has 0 aliphatic rings. The fourth-order valence-corrected chi connectivity index (χ4v) is 3.58. The highest BCUT2D eigenvalue weighted by molar-refractivity contribution is 5.94. The Morgan fingerprint density at radius 3 is 2.00 bits per heavy atom. The molecule has 5 rings (SSSR count). The Morgan fingerprint density at radius 2 is 1.40 bits per heavy atom. The van der Waals surface area contributed by atoms with E-state index in [0.29, 0.717) is 5.56 Å². The molecule has 0 saturated heterocycles. The van der Waals surface area contributed by atoms with Gasteiger partial charge in [-0.25, -0.2) is 9.59 Å². The normalized spacial score (nSPS) is 10.1. The molecule has 6 heteroatoms. The van der Waals surface area contributed by atoms with E-state index in [-0.39, 0.29) is 11.1 Å². The van der Waals surface area contributed by atoms with Crippen LogP contribution < -0.4 is 0 Å². The van der Waals surface area contributed by atoms with Crippen LogP contribution in [-0.2, 0) is 6.42 Å². The number of nitrogens with zero attached hydrogens (tertiary/aromatic N) is 1. The molecular formula is C29H28N2O4. The van der Waals surface area contributed by atoms with Crippen LogP contribution in [0.2, 0.25) is 0 Å². The molecule has 0 fully saturated rings. The quantitative estimate of drug-likeness (QED) is 0.271. The van der Waals surface area contributed by atoms with E-state index in [1.165, 1.54) is 40.5 Å². The van der Waals surface area contributed by atoms with Crippen LogP contribution in [0, 0.1) is 6.92 Å². The third kappa shape index (κ3) is 7.27. The van der Waals surface area contributed by atoms with Gasteiger partial charge in [-0.1, -0.05) is 55.8 Å². The molecule has 0 amide bonds. The van der Waals surface area contributed by atoms with Crippen molar-refractivity contribution in [1.29, 1.82) is 0 Å². The van der Waals surface area contributed by atoms with Crippen molar-refractivity contribution in [2.75, 3.05) is 0 Å². The summed E-state index contributed by atoms with van der Waals surface area (Å²) in [6.07, 6.45) is 4.16. The van der Waals surface area contributed by atoms with Gasteiger partial charge in [0.2, 0.25) is 0 Å². The predicted octanol–water partition coefficient (Wildman–Crippen LogP) is 6.75. The number of rotatable bonds is 4. The van der Waals surface area contributed by atoms with Crippen LogP contribution in [0.1, 0.15) is 45.3 Å². The van der Waals surface area contributed by atoms with E-state index in [9.17, 15) is 9.59 Å². The minimum Gasteiger partial charge on any atom is -0.478 e. The number of carboxylic acids is 2. The third-order valence-corrected chi connectivity index (χ3v) is 5.19.